The maximum absolute atomic E-state index is 6.01. The number of anilines is 1. The predicted octanol–water partition coefficient (Wildman–Crippen LogP) is 2.14. The van der Waals surface area contributed by atoms with Crippen LogP contribution in [0.4, 0.5) is 5.69 Å². The summed E-state index contributed by atoms with van der Waals surface area (Å²) in [6, 6.07) is 9.34. The van der Waals surface area contributed by atoms with Crippen molar-refractivity contribution in [3.63, 3.8) is 0 Å². The van der Waals surface area contributed by atoms with Crippen LogP contribution >= 0.6 is 15.9 Å². The van der Waals surface area contributed by atoms with Gasteiger partial charge in [-0.15, -0.1) is 10.2 Å². The number of nitrogens with zero attached hydrogens (tertiary/aromatic N) is 4. The van der Waals surface area contributed by atoms with Gasteiger partial charge in [-0.3, -0.25) is 0 Å². The number of para-hydroxylation sites is 1. The molecular weight excluding hydrogens is 282 g/mol. The summed E-state index contributed by atoms with van der Waals surface area (Å²) in [5.74, 6) is 0.638. The van der Waals surface area contributed by atoms with Crippen molar-refractivity contribution in [2.45, 2.75) is 0 Å². The molecule has 5 nitrogen and oxygen atoms in total. The highest BCUT2D eigenvalue weighted by atomic mass is 79.9. The van der Waals surface area contributed by atoms with E-state index < -0.39 is 0 Å². The molecule has 2 N–H and O–H groups in total. The van der Waals surface area contributed by atoms with Gasteiger partial charge in [0.2, 0.25) is 0 Å². The van der Waals surface area contributed by atoms with E-state index in [0.29, 0.717) is 17.2 Å². The summed E-state index contributed by atoms with van der Waals surface area (Å²) in [4.78, 5) is 0. The Morgan fingerprint density at radius 3 is 2.88 bits per heavy atom. The number of nitrogen functional groups attached to an aromatic ring is 1. The Hall–Kier alpha value is -1.95. The molecule has 0 saturated carbocycles. The standard InChI is InChI=1S/C11H8BrN5/c12-8-4-1-3-7(10(8)13)11-16-15-9-5-2-6-14-17(9)11/h1-6H,13H2. The van der Waals surface area contributed by atoms with Crippen molar-refractivity contribution in [3.8, 4) is 11.4 Å². The zero-order valence-corrected chi connectivity index (χ0v) is 10.3. The molecule has 0 fully saturated rings. The molecule has 0 amide bonds. The van der Waals surface area contributed by atoms with E-state index in [4.69, 9.17) is 5.73 Å². The van der Waals surface area contributed by atoms with Crippen molar-refractivity contribution in [3.05, 3.63) is 41.0 Å². The highest BCUT2D eigenvalue weighted by Crippen LogP contribution is 2.30. The van der Waals surface area contributed by atoms with Crippen LogP contribution in [0.1, 0.15) is 0 Å². The topological polar surface area (TPSA) is 69.1 Å². The Morgan fingerprint density at radius 1 is 1.12 bits per heavy atom. The minimum atomic E-state index is 0.632. The molecule has 84 valence electrons. The summed E-state index contributed by atoms with van der Waals surface area (Å²) in [5.41, 5.74) is 8.15. The normalized spacial score (nSPS) is 10.9. The van der Waals surface area contributed by atoms with Gasteiger partial charge >= 0.3 is 0 Å². The van der Waals surface area contributed by atoms with Crippen LogP contribution in [0.5, 0.6) is 0 Å². The fourth-order valence-electron chi connectivity index (χ4n) is 1.64. The van der Waals surface area contributed by atoms with Crippen molar-refractivity contribution in [1.82, 2.24) is 19.8 Å². The number of hydrogen-bond donors (Lipinski definition) is 1. The van der Waals surface area contributed by atoms with E-state index in [0.717, 1.165) is 10.0 Å². The molecule has 0 saturated heterocycles. The first-order valence-electron chi connectivity index (χ1n) is 4.98. The molecule has 17 heavy (non-hydrogen) atoms. The Morgan fingerprint density at radius 2 is 2.00 bits per heavy atom. The molecule has 3 aromatic rings. The fourth-order valence-corrected chi connectivity index (χ4v) is 2.01. The van der Waals surface area contributed by atoms with Gasteiger partial charge in [0.05, 0.1) is 5.69 Å². The molecule has 0 atom stereocenters. The quantitative estimate of drug-likeness (QED) is 0.697. The van der Waals surface area contributed by atoms with Crippen LogP contribution in [-0.4, -0.2) is 19.8 Å². The molecule has 0 spiro atoms. The van der Waals surface area contributed by atoms with Crippen molar-refractivity contribution in [2.24, 2.45) is 0 Å². The largest absolute Gasteiger partial charge is 0.397 e. The Bertz CT molecular complexity index is 691. The zero-order valence-electron chi connectivity index (χ0n) is 8.71. The third-order valence-corrected chi connectivity index (χ3v) is 3.16. The van der Waals surface area contributed by atoms with Crippen molar-refractivity contribution < 1.29 is 0 Å². The molecule has 0 radical (unpaired) electrons. The summed E-state index contributed by atoms with van der Waals surface area (Å²) < 4.78 is 2.50. The summed E-state index contributed by atoms with van der Waals surface area (Å²) in [6.07, 6.45) is 1.69. The van der Waals surface area contributed by atoms with Crippen LogP contribution in [0.2, 0.25) is 0 Å². The maximum Gasteiger partial charge on any atom is 0.187 e. The van der Waals surface area contributed by atoms with E-state index in [9.17, 15) is 0 Å². The first kappa shape index (κ1) is 10.2. The zero-order chi connectivity index (χ0) is 11.8. The SMILES string of the molecule is Nc1c(Br)cccc1-c1nnc2cccnn12. The number of fused-ring (bicyclic) bond motifs is 1. The monoisotopic (exact) mass is 289 g/mol. The van der Waals surface area contributed by atoms with Crippen LogP contribution in [0.3, 0.4) is 0 Å². The molecule has 0 aliphatic heterocycles. The summed E-state index contributed by atoms with van der Waals surface area (Å²) in [5, 5.41) is 12.4. The van der Waals surface area contributed by atoms with Gasteiger partial charge in [-0.05, 0) is 40.2 Å². The van der Waals surface area contributed by atoms with Crippen LogP contribution in [0.25, 0.3) is 17.0 Å². The van der Waals surface area contributed by atoms with Crippen LogP contribution in [0, 0.1) is 0 Å². The second-order valence-corrected chi connectivity index (χ2v) is 4.37. The Kier molecular flexibility index (Phi) is 2.29. The number of halogens is 1. The fraction of sp³-hybridized carbons (Fsp3) is 0. The molecule has 0 aliphatic carbocycles. The Balaban J connectivity index is 2.31. The first-order valence-corrected chi connectivity index (χ1v) is 5.77. The first-order chi connectivity index (χ1) is 8.27. The Labute approximate surface area is 105 Å². The third kappa shape index (κ3) is 1.57. The van der Waals surface area contributed by atoms with E-state index in [-0.39, 0.29) is 0 Å². The van der Waals surface area contributed by atoms with Crippen molar-refractivity contribution >= 4 is 27.3 Å². The number of hydrogen-bond acceptors (Lipinski definition) is 4. The lowest BCUT2D eigenvalue weighted by Crippen LogP contribution is -1.97. The van der Waals surface area contributed by atoms with E-state index in [1.165, 1.54) is 0 Å². The molecule has 0 aliphatic rings. The summed E-state index contributed by atoms with van der Waals surface area (Å²) in [7, 11) is 0. The highest BCUT2D eigenvalue weighted by Gasteiger charge is 2.12. The molecule has 0 unspecified atom stereocenters. The molecule has 6 heteroatoms. The molecule has 0 bridgehead atoms. The number of nitrogens with two attached hydrogens (primary N) is 1. The maximum atomic E-state index is 6.01. The molecule has 1 aromatic carbocycles. The molecule has 2 aromatic heterocycles. The number of rotatable bonds is 1. The molecule has 3 rings (SSSR count). The lowest BCUT2D eigenvalue weighted by Gasteiger charge is -2.04. The molecule has 2 heterocycles. The van der Waals surface area contributed by atoms with Gasteiger partial charge in [0.1, 0.15) is 0 Å². The smallest absolute Gasteiger partial charge is 0.187 e. The van der Waals surface area contributed by atoms with Crippen LogP contribution < -0.4 is 5.73 Å². The van der Waals surface area contributed by atoms with Crippen molar-refractivity contribution in [1.29, 1.82) is 0 Å². The van der Waals surface area contributed by atoms with Gasteiger partial charge in [-0.25, -0.2) is 0 Å². The van der Waals surface area contributed by atoms with Gasteiger partial charge < -0.3 is 5.73 Å². The average Bonchev–Trinajstić information content (AvgIpc) is 2.77. The average molecular weight is 290 g/mol. The summed E-state index contributed by atoms with van der Waals surface area (Å²) >= 11 is 3.39. The minimum absolute atomic E-state index is 0.632. The number of benzene rings is 1. The highest BCUT2D eigenvalue weighted by molar-refractivity contribution is 9.10. The van der Waals surface area contributed by atoms with Gasteiger partial charge in [0, 0.05) is 16.2 Å². The van der Waals surface area contributed by atoms with E-state index in [1.807, 2.05) is 30.3 Å². The predicted molar refractivity (Wildman–Crippen MR) is 68.3 cm³/mol. The van der Waals surface area contributed by atoms with E-state index in [1.54, 1.807) is 10.7 Å². The summed E-state index contributed by atoms with van der Waals surface area (Å²) in [6.45, 7) is 0. The van der Waals surface area contributed by atoms with Gasteiger partial charge in [0.25, 0.3) is 0 Å². The second-order valence-electron chi connectivity index (χ2n) is 3.52. The minimum Gasteiger partial charge on any atom is -0.397 e. The lowest BCUT2D eigenvalue weighted by molar-refractivity contribution is 0.936. The van der Waals surface area contributed by atoms with Gasteiger partial charge in [0.15, 0.2) is 11.5 Å². The van der Waals surface area contributed by atoms with E-state index >= 15 is 0 Å². The lowest BCUT2D eigenvalue weighted by atomic mass is 10.2. The number of aromatic nitrogens is 4. The van der Waals surface area contributed by atoms with Crippen molar-refractivity contribution in [2.75, 3.05) is 5.73 Å². The van der Waals surface area contributed by atoms with Crippen LogP contribution in [0.15, 0.2) is 41.0 Å². The van der Waals surface area contributed by atoms with Crippen LogP contribution in [-0.2, 0) is 0 Å². The third-order valence-electron chi connectivity index (χ3n) is 2.47. The van der Waals surface area contributed by atoms with Gasteiger partial charge in [-0.2, -0.15) is 9.61 Å². The van der Waals surface area contributed by atoms with Gasteiger partial charge in [-0.1, -0.05) is 6.07 Å². The molecular formula is C11H8BrN5. The van der Waals surface area contributed by atoms with E-state index in [2.05, 4.69) is 31.2 Å². The second kappa shape index (κ2) is 3.81.